The molecule has 0 fully saturated rings. The lowest BCUT2D eigenvalue weighted by Gasteiger charge is -2.10. The number of nitrogens with one attached hydrogen (secondary N) is 2. The van der Waals surface area contributed by atoms with Gasteiger partial charge in [-0.15, -0.1) is 0 Å². The number of pyridine rings is 1. The van der Waals surface area contributed by atoms with E-state index in [1.54, 1.807) is 19.4 Å². The van der Waals surface area contributed by atoms with Crippen LogP contribution < -0.4 is 15.4 Å². The third-order valence-corrected chi connectivity index (χ3v) is 4.21. The van der Waals surface area contributed by atoms with Crippen LogP contribution in [0.2, 0.25) is 0 Å². The number of hydrogen-bond acceptors (Lipinski definition) is 5. The van der Waals surface area contributed by atoms with Crippen LogP contribution in [0.25, 0.3) is 0 Å². The second-order valence-electron chi connectivity index (χ2n) is 6.46. The molecule has 3 rings (SSSR count). The number of ether oxygens (including phenoxy) is 2. The summed E-state index contributed by atoms with van der Waals surface area (Å²) in [5, 5.41) is 6.12. The largest absolute Gasteiger partial charge is 0.489 e. The average Bonchev–Trinajstić information content (AvgIpc) is 2.77. The third kappa shape index (κ3) is 6.62. The Morgan fingerprint density at radius 2 is 1.79 bits per heavy atom. The molecule has 3 aromatic rings. The van der Waals surface area contributed by atoms with Crippen molar-refractivity contribution in [2.24, 2.45) is 0 Å². The second-order valence-corrected chi connectivity index (χ2v) is 6.46. The SMILES string of the molecule is COCCCNc1ccnc(C(=O)Nc2ccc(OCc3ccccc3)cc2)c1. The van der Waals surface area contributed by atoms with Gasteiger partial charge in [0.2, 0.25) is 0 Å². The highest BCUT2D eigenvalue weighted by Crippen LogP contribution is 2.18. The molecule has 6 nitrogen and oxygen atoms in total. The zero-order chi connectivity index (χ0) is 20.3. The first-order valence-corrected chi connectivity index (χ1v) is 9.51. The number of anilines is 2. The molecule has 2 aromatic carbocycles. The van der Waals surface area contributed by atoms with Gasteiger partial charge in [-0.1, -0.05) is 30.3 Å². The van der Waals surface area contributed by atoms with Crippen LogP contribution >= 0.6 is 0 Å². The van der Waals surface area contributed by atoms with E-state index in [0.717, 1.165) is 30.0 Å². The maximum absolute atomic E-state index is 12.5. The van der Waals surface area contributed by atoms with Gasteiger partial charge in [0.25, 0.3) is 5.91 Å². The van der Waals surface area contributed by atoms with Gasteiger partial charge in [0.15, 0.2) is 0 Å². The normalized spacial score (nSPS) is 10.4. The van der Waals surface area contributed by atoms with E-state index >= 15 is 0 Å². The molecule has 1 heterocycles. The van der Waals surface area contributed by atoms with Crippen molar-refractivity contribution in [2.75, 3.05) is 30.9 Å². The van der Waals surface area contributed by atoms with E-state index < -0.39 is 0 Å². The van der Waals surface area contributed by atoms with E-state index in [4.69, 9.17) is 9.47 Å². The van der Waals surface area contributed by atoms with Gasteiger partial charge in [0.05, 0.1) is 0 Å². The first-order chi connectivity index (χ1) is 14.2. The molecule has 1 aromatic heterocycles. The fourth-order valence-corrected chi connectivity index (χ4v) is 2.68. The molecule has 0 aliphatic heterocycles. The topological polar surface area (TPSA) is 72.5 Å². The summed E-state index contributed by atoms with van der Waals surface area (Å²) in [6.45, 7) is 1.96. The lowest BCUT2D eigenvalue weighted by molar-refractivity contribution is 0.102. The number of carbonyl (C=O) groups excluding carboxylic acids is 1. The lowest BCUT2D eigenvalue weighted by Crippen LogP contribution is -2.14. The molecule has 6 heteroatoms. The Morgan fingerprint density at radius 3 is 2.55 bits per heavy atom. The number of aromatic nitrogens is 1. The minimum absolute atomic E-state index is 0.261. The molecule has 0 unspecified atom stereocenters. The number of amides is 1. The Labute approximate surface area is 170 Å². The Morgan fingerprint density at radius 1 is 1.00 bits per heavy atom. The summed E-state index contributed by atoms with van der Waals surface area (Å²) in [5.41, 5.74) is 2.99. The van der Waals surface area contributed by atoms with Crippen molar-refractivity contribution in [3.63, 3.8) is 0 Å². The molecule has 0 radical (unpaired) electrons. The minimum atomic E-state index is -0.261. The predicted octanol–water partition coefficient (Wildman–Crippen LogP) is 4.36. The monoisotopic (exact) mass is 391 g/mol. The van der Waals surface area contributed by atoms with Crippen molar-refractivity contribution in [2.45, 2.75) is 13.0 Å². The quantitative estimate of drug-likeness (QED) is 0.503. The highest BCUT2D eigenvalue weighted by molar-refractivity contribution is 6.03. The van der Waals surface area contributed by atoms with Crippen molar-refractivity contribution in [3.05, 3.63) is 84.2 Å². The van der Waals surface area contributed by atoms with Crippen LogP contribution in [0.4, 0.5) is 11.4 Å². The summed E-state index contributed by atoms with van der Waals surface area (Å²) >= 11 is 0. The molecular formula is C23H25N3O3. The van der Waals surface area contributed by atoms with E-state index in [1.807, 2.05) is 60.7 Å². The zero-order valence-electron chi connectivity index (χ0n) is 16.4. The molecule has 29 heavy (non-hydrogen) atoms. The van der Waals surface area contributed by atoms with Gasteiger partial charge in [0.1, 0.15) is 18.1 Å². The summed E-state index contributed by atoms with van der Waals surface area (Å²) in [6, 6.07) is 20.8. The molecule has 0 aliphatic carbocycles. The van der Waals surface area contributed by atoms with Crippen LogP contribution in [0.1, 0.15) is 22.5 Å². The van der Waals surface area contributed by atoms with Crippen LogP contribution in [0.3, 0.4) is 0 Å². The fourth-order valence-electron chi connectivity index (χ4n) is 2.68. The Hall–Kier alpha value is -3.38. The minimum Gasteiger partial charge on any atom is -0.489 e. The summed E-state index contributed by atoms with van der Waals surface area (Å²) in [5.74, 6) is 0.482. The Kier molecular flexibility index (Phi) is 7.60. The molecule has 0 saturated heterocycles. The highest BCUT2D eigenvalue weighted by atomic mass is 16.5. The summed E-state index contributed by atoms with van der Waals surface area (Å²) in [7, 11) is 1.68. The van der Waals surface area contributed by atoms with E-state index in [-0.39, 0.29) is 5.91 Å². The molecule has 0 spiro atoms. The van der Waals surface area contributed by atoms with Crippen molar-refractivity contribution < 1.29 is 14.3 Å². The highest BCUT2D eigenvalue weighted by Gasteiger charge is 2.09. The average molecular weight is 391 g/mol. The van der Waals surface area contributed by atoms with Gasteiger partial charge in [0, 0.05) is 37.8 Å². The van der Waals surface area contributed by atoms with Crippen LogP contribution in [0.15, 0.2) is 72.9 Å². The number of benzene rings is 2. The van der Waals surface area contributed by atoms with Gasteiger partial charge in [-0.25, -0.2) is 0 Å². The van der Waals surface area contributed by atoms with E-state index in [9.17, 15) is 4.79 Å². The van der Waals surface area contributed by atoms with Crippen molar-refractivity contribution in [1.82, 2.24) is 4.98 Å². The van der Waals surface area contributed by atoms with Gasteiger partial charge in [-0.3, -0.25) is 9.78 Å². The first-order valence-electron chi connectivity index (χ1n) is 9.51. The molecule has 2 N–H and O–H groups in total. The Balaban J connectivity index is 1.52. The number of methoxy groups -OCH3 is 1. The van der Waals surface area contributed by atoms with Crippen molar-refractivity contribution in [3.8, 4) is 5.75 Å². The van der Waals surface area contributed by atoms with Gasteiger partial charge < -0.3 is 20.1 Å². The summed E-state index contributed by atoms with van der Waals surface area (Å²) in [6.07, 6.45) is 2.51. The molecule has 0 saturated carbocycles. The standard InChI is InChI=1S/C23H25N3O3/c1-28-15-5-13-24-20-12-14-25-22(16-20)23(27)26-19-8-10-21(11-9-19)29-17-18-6-3-2-4-7-18/h2-4,6-12,14,16H,5,13,15,17H2,1H3,(H,24,25)(H,26,27). The number of carbonyl (C=O) groups is 1. The third-order valence-electron chi connectivity index (χ3n) is 4.21. The lowest BCUT2D eigenvalue weighted by atomic mass is 10.2. The smallest absolute Gasteiger partial charge is 0.274 e. The van der Waals surface area contributed by atoms with Crippen LogP contribution in [0, 0.1) is 0 Å². The van der Waals surface area contributed by atoms with Gasteiger partial charge >= 0.3 is 0 Å². The first kappa shape index (κ1) is 20.4. The van der Waals surface area contributed by atoms with E-state index in [0.29, 0.717) is 24.6 Å². The molecule has 0 bridgehead atoms. The van der Waals surface area contributed by atoms with Gasteiger partial charge in [-0.2, -0.15) is 0 Å². The zero-order valence-corrected chi connectivity index (χ0v) is 16.4. The van der Waals surface area contributed by atoms with Crippen LogP contribution in [-0.2, 0) is 11.3 Å². The molecule has 1 amide bonds. The van der Waals surface area contributed by atoms with Crippen LogP contribution in [0.5, 0.6) is 5.75 Å². The second kappa shape index (κ2) is 10.8. The van der Waals surface area contributed by atoms with Crippen LogP contribution in [-0.4, -0.2) is 31.2 Å². The maximum Gasteiger partial charge on any atom is 0.274 e. The van der Waals surface area contributed by atoms with E-state index in [1.165, 1.54) is 0 Å². The number of hydrogen-bond donors (Lipinski definition) is 2. The molecular weight excluding hydrogens is 366 g/mol. The number of rotatable bonds is 10. The predicted molar refractivity (Wildman–Crippen MR) is 114 cm³/mol. The van der Waals surface area contributed by atoms with Crippen molar-refractivity contribution >= 4 is 17.3 Å². The van der Waals surface area contributed by atoms with Gasteiger partial charge in [-0.05, 0) is 48.4 Å². The molecule has 150 valence electrons. The van der Waals surface area contributed by atoms with E-state index in [2.05, 4.69) is 15.6 Å². The summed E-state index contributed by atoms with van der Waals surface area (Å²) in [4.78, 5) is 16.6. The molecule has 0 aliphatic rings. The number of nitrogens with zero attached hydrogens (tertiary/aromatic N) is 1. The van der Waals surface area contributed by atoms with Crippen molar-refractivity contribution in [1.29, 1.82) is 0 Å². The maximum atomic E-state index is 12.5. The fraction of sp³-hybridized carbons (Fsp3) is 0.217. The summed E-state index contributed by atoms with van der Waals surface area (Å²) < 4.78 is 10.8. The molecule has 0 atom stereocenters. The Bertz CT molecular complexity index is 899.